The first-order valence-electron chi connectivity index (χ1n) is 6.33. The van der Waals surface area contributed by atoms with Crippen LogP contribution in [0.3, 0.4) is 0 Å². The number of anilines is 1. The Bertz CT molecular complexity index is 374. The lowest BCUT2D eigenvalue weighted by atomic mass is 10.2. The van der Waals surface area contributed by atoms with Gasteiger partial charge in [0, 0.05) is 18.8 Å². The van der Waals surface area contributed by atoms with Crippen molar-refractivity contribution in [2.24, 2.45) is 0 Å². The van der Waals surface area contributed by atoms with Gasteiger partial charge < -0.3 is 15.3 Å². The number of nitrogens with zero attached hydrogens (tertiary/aromatic N) is 1. The van der Waals surface area contributed by atoms with Crippen LogP contribution in [0.1, 0.15) is 25.8 Å². The third kappa shape index (κ3) is 4.75. The molecule has 0 aliphatic heterocycles. The van der Waals surface area contributed by atoms with Crippen molar-refractivity contribution >= 4 is 11.7 Å². The largest absolute Gasteiger partial charge is 0.392 e. The second kappa shape index (κ2) is 7.01. The van der Waals surface area contributed by atoms with E-state index in [1.165, 1.54) is 0 Å². The van der Waals surface area contributed by atoms with Gasteiger partial charge in [0.2, 0.25) is 0 Å². The van der Waals surface area contributed by atoms with Crippen molar-refractivity contribution in [2.75, 3.05) is 18.4 Å². The molecule has 0 aliphatic carbocycles. The van der Waals surface area contributed by atoms with Gasteiger partial charge in [0.25, 0.3) is 0 Å². The minimum atomic E-state index is -0.514. The topological polar surface area (TPSA) is 52.6 Å². The molecule has 0 saturated carbocycles. The van der Waals surface area contributed by atoms with Crippen molar-refractivity contribution in [3.63, 3.8) is 0 Å². The fourth-order valence-corrected chi connectivity index (χ4v) is 1.70. The molecule has 0 bridgehead atoms. The molecule has 2 amide bonds. The first-order chi connectivity index (χ1) is 8.52. The van der Waals surface area contributed by atoms with Gasteiger partial charge in [-0.1, -0.05) is 24.6 Å². The number of urea groups is 1. The third-order valence-electron chi connectivity index (χ3n) is 2.57. The molecule has 0 radical (unpaired) electrons. The molecule has 0 fully saturated rings. The minimum absolute atomic E-state index is 0.165. The Kier molecular flexibility index (Phi) is 5.65. The van der Waals surface area contributed by atoms with Crippen molar-refractivity contribution in [1.29, 1.82) is 0 Å². The second-order valence-electron chi connectivity index (χ2n) is 4.59. The molecule has 0 heterocycles. The molecule has 2 N–H and O–H groups in total. The number of amides is 2. The van der Waals surface area contributed by atoms with Crippen LogP contribution in [-0.4, -0.2) is 35.2 Å². The molecule has 0 aliphatic rings. The maximum Gasteiger partial charge on any atom is 0.321 e. The van der Waals surface area contributed by atoms with Crippen molar-refractivity contribution in [3.05, 3.63) is 29.8 Å². The number of benzene rings is 1. The maximum absolute atomic E-state index is 12.0. The lowest BCUT2D eigenvalue weighted by molar-refractivity contribution is 0.138. The van der Waals surface area contributed by atoms with Crippen LogP contribution in [0.25, 0.3) is 0 Å². The van der Waals surface area contributed by atoms with E-state index in [0.29, 0.717) is 13.1 Å². The van der Waals surface area contributed by atoms with Crippen molar-refractivity contribution in [3.8, 4) is 0 Å². The highest BCUT2D eigenvalue weighted by Crippen LogP contribution is 2.10. The van der Waals surface area contributed by atoms with E-state index >= 15 is 0 Å². The molecular weight excluding hydrogens is 228 g/mol. The first kappa shape index (κ1) is 14.5. The summed E-state index contributed by atoms with van der Waals surface area (Å²) in [5.41, 5.74) is 1.93. The van der Waals surface area contributed by atoms with Crippen LogP contribution in [-0.2, 0) is 0 Å². The minimum Gasteiger partial charge on any atom is -0.392 e. The van der Waals surface area contributed by atoms with E-state index < -0.39 is 6.10 Å². The maximum atomic E-state index is 12.0. The van der Waals surface area contributed by atoms with E-state index in [0.717, 1.165) is 17.7 Å². The number of carbonyl (C=O) groups is 1. The number of aliphatic hydroxyl groups excluding tert-OH is 1. The molecule has 18 heavy (non-hydrogen) atoms. The van der Waals surface area contributed by atoms with E-state index in [4.69, 9.17) is 0 Å². The van der Waals surface area contributed by atoms with Crippen molar-refractivity contribution < 1.29 is 9.90 Å². The van der Waals surface area contributed by atoms with Crippen LogP contribution < -0.4 is 5.32 Å². The Morgan fingerprint density at radius 2 is 2.00 bits per heavy atom. The number of hydrogen-bond donors (Lipinski definition) is 2. The molecule has 0 unspecified atom stereocenters. The molecule has 1 aromatic rings. The number of nitrogens with one attached hydrogen (secondary N) is 1. The Morgan fingerprint density at radius 3 is 2.50 bits per heavy atom. The molecule has 4 heteroatoms. The van der Waals surface area contributed by atoms with Gasteiger partial charge in [-0.15, -0.1) is 0 Å². The summed E-state index contributed by atoms with van der Waals surface area (Å²) in [5.74, 6) is 0. The van der Waals surface area contributed by atoms with Gasteiger partial charge in [-0.3, -0.25) is 0 Å². The number of hydrogen-bond acceptors (Lipinski definition) is 2. The SMILES string of the molecule is CCCN(C[C@@H](C)O)C(=O)Nc1ccc(C)cc1. The molecule has 1 aromatic carbocycles. The van der Waals surface area contributed by atoms with Crippen molar-refractivity contribution in [2.45, 2.75) is 33.3 Å². The smallest absolute Gasteiger partial charge is 0.321 e. The van der Waals surface area contributed by atoms with Gasteiger partial charge in [0.05, 0.1) is 6.10 Å². The van der Waals surface area contributed by atoms with Crippen LogP contribution in [0, 0.1) is 6.92 Å². The highest BCUT2D eigenvalue weighted by atomic mass is 16.3. The highest BCUT2D eigenvalue weighted by molar-refractivity contribution is 5.89. The Balaban J connectivity index is 2.63. The van der Waals surface area contributed by atoms with Crippen LogP contribution in [0.15, 0.2) is 24.3 Å². The summed E-state index contributed by atoms with van der Waals surface area (Å²) in [6.45, 7) is 6.69. The summed E-state index contributed by atoms with van der Waals surface area (Å²) in [4.78, 5) is 13.7. The number of aryl methyl sites for hydroxylation is 1. The van der Waals surface area contributed by atoms with Crippen LogP contribution in [0.2, 0.25) is 0 Å². The Hall–Kier alpha value is -1.55. The molecule has 4 nitrogen and oxygen atoms in total. The lowest BCUT2D eigenvalue weighted by Crippen LogP contribution is -2.39. The van der Waals surface area contributed by atoms with Gasteiger partial charge in [0.15, 0.2) is 0 Å². The summed E-state index contributed by atoms with van der Waals surface area (Å²) < 4.78 is 0. The van der Waals surface area contributed by atoms with Crippen molar-refractivity contribution in [1.82, 2.24) is 4.90 Å². The molecule has 0 spiro atoms. The third-order valence-corrected chi connectivity index (χ3v) is 2.57. The summed E-state index contributed by atoms with van der Waals surface area (Å²) in [6, 6.07) is 7.49. The van der Waals surface area contributed by atoms with Gasteiger partial charge in [-0.05, 0) is 32.4 Å². The predicted octanol–water partition coefficient (Wildman–Crippen LogP) is 2.62. The van der Waals surface area contributed by atoms with Crippen LogP contribution in [0.5, 0.6) is 0 Å². The fraction of sp³-hybridized carbons (Fsp3) is 0.500. The first-order valence-corrected chi connectivity index (χ1v) is 6.33. The fourth-order valence-electron chi connectivity index (χ4n) is 1.70. The normalized spacial score (nSPS) is 12.0. The zero-order valence-corrected chi connectivity index (χ0v) is 11.3. The number of rotatable bonds is 5. The zero-order chi connectivity index (χ0) is 13.5. The molecule has 0 saturated heterocycles. The van der Waals surface area contributed by atoms with E-state index in [9.17, 15) is 9.90 Å². The molecule has 1 atom stereocenters. The van der Waals surface area contributed by atoms with Crippen LogP contribution in [0.4, 0.5) is 10.5 Å². The van der Waals surface area contributed by atoms with E-state index in [1.807, 2.05) is 38.1 Å². The van der Waals surface area contributed by atoms with E-state index in [2.05, 4.69) is 5.32 Å². The van der Waals surface area contributed by atoms with Gasteiger partial charge in [-0.2, -0.15) is 0 Å². The quantitative estimate of drug-likeness (QED) is 0.844. The molecule has 1 rings (SSSR count). The Labute approximate surface area is 109 Å². The van der Waals surface area contributed by atoms with Crippen LogP contribution >= 0.6 is 0 Å². The summed E-state index contributed by atoms with van der Waals surface area (Å²) in [5, 5.41) is 12.2. The zero-order valence-electron chi connectivity index (χ0n) is 11.3. The van der Waals surface area contributed by atoms with Gasteiger partial charge in [-0.25, -0.2) is 4.79 Å². The Morgan fingerprint density at radius 1 is 1.39 bits per heavy atom. The van der Waals surface area contributed by atoms with E-state index in [-0.39, 0.29) is 6.03 Å². The predicted molar refractivity (Wildman–Crippen MR) is 73.7 cm³/mol. The molecule has 0 aromatic heterocycles. The highest BCUT2D eigenvalue weighted by Gasteiger charge is 2.14. The lowest BCUT2D eigenvalue weighted by Gasteiger charge is -2.23. The summed E-state index contributed by atoms with van der Waals surface area (Å²) in [7, 11) is 0. The average Bonchev–Trinajstić information content (AvgIpc) is 2.31. The number of aliphatic hydroxyl groups is 1. The molecular formula is C14H22N2O2. The van der Waals surface area contributed by atoms with Gasteiger partial charge >= 0.3 is 6.03 Å². The van der Waals surface area contributed by atoms with E-state index in [1.54, 1.807) is 11.8 Å². The van der Waals surface area contributed by atoms with Gasteiger partial charge in [0.1, 0.15) is 0 Å². The molecule has 100 valence electrons. The average molecular weight is 250 g/mol. The second-order valence-corrected chi connectivity index (χ2v) is 4.59. The standard InChI is InChI=1S/C14H22N2O2/c1-4-9-16(10-12(3)17)14(18)15-13-7-5-11(2)6-8-13/h5-8,12,17H,4,9-10H2,1-3H3,(H,15,18)/t12-/m1/s1. The summed E-state index contributed by atoms with van der Waals surface area (Å²) >= 11 is 0. The number of carbonyl (C=O) groups excluding carboxylic acids is 1. The monoisotopic (exact) mass is 250 g/mol. The summed E-state index contributed by atoms with van der Waals surface area (Å²) in [6.07, 6.45) is 0.355.